The summed E-state index contributed by atoms with van der Waals surface area (Å²) in [5.74, 6) is 0.149. The van der Waals surface area contributed by atoms with E-state index in [-0.39, 0.29) is 0 Å². The molecule has 110 valence electrons. The monoisotopic (exact) mass is 298 g/mol. The molecule has 5 heteroatoms. The van der Waals surface area contributed by atoms with Crippen LogP contribution in [-0.2, 0) is 15.1 Å². The number of halogens is 1. The second kappa shape index (κ2) is 5.19. The van der Waals surface area contributed by atoms with Crippen LogP contribution in [0.15, 0.2) is 18.2 Å². The zero-order chi connectivity index (χ0) is 14.2. The first-order chi connectivity index (χ1) is 9.57. The Kier molecular flexibility index (Phi) is 3.67. The van der Waals surface area contributed by atoms with Crippen molar-refractivity contribution in [2.75, 3.05) is 20.3 Å². The van der Waals surface area contributed by atoms with Gasteiger partial charge in [-0.2, -0.15) is 0 Å². The minimum Gasteiger partial charge on any atom is -0.495 e. The quantitative estimate of drug-likeness (QED) is 0.912. The molecule has 1 spiro atoms. The van der Waals surface area contributed by atoms with Crippen LogP contribution >= 0.6 is 11.6 Å². The van der Waals surface area contributed by atoms with Gasteiger partial charge in [0.05, 0.1) is 30.9 Å². The van der Waals surface area contributed by atoms with Gasteiger partial charge in [-0.3, -0.25) is 0 Å². The van der Waals surface area contributed by atoms with Crippen LogP contribution in [0, 0.1) is 0 Å². The Morgan fingerprint density at radius 3 is 2.35 bits per heavy atom. The summed E-state index contributed by atoms with van der Waals surface area (Å²) in [6.45, 7) is 1.29. The van der Waals surface area contributed by atoms with Crippen LogP contribution in [-0.4, -0.2) is 31.2 Å². The van der Waals surface area contributed by atoms with E-state index in [0.717, 1.165) is 5.56 Å². The van der Waals surface area contributed by atoms with Crippen molar-refractivity contribution < 1.29 is 19.3 Å². The number of hydrogen-bond acceptors (Lipinski definition) is 4. The summed E-state index contributed by atoms with van der Waals surface area (Å²) < 4.78 is 16.5. The molecular weight excluding hydrogens is 280 g/mol. The van der Waals surface area contributed by atoms with E-state index in [2.05, 4.69) is 0 Å². The number of aliphatic hydroxyl groups is 1. The largest absolute Gasteiger partial charge is 0.495 e. The minimum atomic E-state index is -0.865. The molecular formula is C15H19ClO4. The normalized spacial score (nSPS) is 23.9. The van der Waals surface area contributed by atoms with Gasteiger partial charge in [-0.05, 0) is 30.5 Å². The molecule has 1 aliphatic carbocycles. The van der Waals surface area contributed by atoms with Gasteiger partial charge >= 0.3 is 0 Å². The molecule has 1 N–H and O–H groups in total. The third-order valence-electron chi connectivity index (χ3n) is 4.34. The van der Waals surface area contributed by atoms with Crippen LogP contribution in [0.4, 0.5) is 0 Å². The van der Waals surface area contributed by atoms with E-state index in [1.54, 1.807) is 19.2 Å². The highest BCUT2D eigenvalue weighted by molar-refractivity contribution is 6.32. The van der Waals surface area contributed by atoms with E-state index in [1.807, 2.05) is 6.07 Å². The maximum atomic E-state index is 10.9. The van der Waals surface area contributed by atoms with E-state index in [1.165, 1.54) is 0 Å². The fourth-order valence-corrected chi connectivity index (χ4v) is 3.33. The Labute approximate surface area is 123 Å². The molecule has 0 unspecified atom stereocenters. The number of ether oxygens (including phenoxy) is 3. The average Bonchev–Trinajstić information content (AvgIpc) is 2.91. The molecule has 1 saturated carbocycles. The third kappa shape index (κ3) is 2.42. The fourth-order valence-electron chi connectivity index (χ4n) is 3.07. The molecule has 1 aliphatic heterocycles. The third-order valence-corrected chi connectivity index (χ3v) is 4.64. The molecule has 0 bridgehead atoms. The first-order valence-electron chi connectivity index (χ1n) is 6.91. The van der Waals surface area contributed by atoms with Gasteiger partial charge in [0, 0.05) is 12.8 Å². The van der Waals surface area contributed by atoms with E-state index in [0.29, 0.717) is 49.7 Å². The Morgan fingerprint density at radius 1 is 1.15 bits per heavy atom. The van der Waals surface area contributed by atoms with E-state index < -0.39 is 11.4 Å². The summed E-state index contributed by atoms with van der Waals surface area (Å²) in [5, 5.41) is 11.4. The molecule has 2 aliphatic rings. The SMILES string of the molecule is COc1ccc(C2(O)CCC3(CC2)OCCO3)cc1Cl. The Bertz CT molecular complexity index is 487. The molecule has 0 atom stereocenters. The van der Waals surface area contributed by atoms with Crippen LogP contribution in [0.1, 0.15) is 31.2 Å². The molecule has 0 amide bonds. The van der Waals surface area contributed by atoms with Gasteiger partial charge in [-0.1, -0.05) is 17.7 Å². The van der Waals surface area contributed by atoms with Gasteiger partial charge in [0.15, 0.2) is 5.79 Å². The van der Waals surface area contributed by atoms with Crippen molar-refractivity contribution in [2.24, 2.45) is 0 Å². The maximum absolute atomic E-state index is 10.9. The predicted octanol–water partition coefficient (Wildman–Crippen LogP) is 2.85. The van der Waals surface area contributed by atoms with E-state index in [4.69, 9.17) is 25.8 Å². The van der Waals surface area contributed by atoms with Crippen molar-refractivity contribution >= 4 is 11.6 Å². The summed E-state index contributed by atoms with van der Waals surface area (Å²) in [6.07, 6.45) is 2.62. The highest BCUT2D eigenvalue weighted by atomic mass is 35.5. The van der Waals surface area contributed by atoms with E-state index in [9.17, 15) is 5.11 Å². The van der Waals surface area contributed by atoms with Crippen LogP contribution in [0.3, 0.4) is 0 Å². The maximum Gasteiger partial charge on any atom is 0.168 e. The van der Waals surface area contributed by atoms with Gasteiger partial charge in [-0.15, -0.1) is 0 Å². The minimum absolute atomic E-state index is 0.470. The van der Waals surface area contributed by atoms with Gasteiger partial charge in [0.25, 0.3) is 0 Å². The molecule has 1 heterocycles. The molecule has 4 nitrogen and oxygen atoms in total. The Morgan fingerprint density at radius 2 is 1.80 bits per heavy atom. The van der Waals surface area contributed by atoms with Gasteiger partial charge in [-0.25, -0.2) is 0 Å². The number of benzene rings is 1. The van der Waals surface area contributed by atoms with Crippen LogP contribution in [0.5, 0.6) is 5.75 Å². The predicted molar refractivity (Wildman–Crippen MR) is 75.0 cm³/mol. The first kappa shape index (κ1) is 14.1. The van der Waals surface area contributed by atoms with Crippen molar-refractivity contribution in [3.8, 4) is 5.75 Å². The molecule has 1 aromatic rings. The Balaban J connectivity index is 1.78. The smallest absolute Gasteiger partial charge is 0.168 e. The molecule has 3 rings (SSSR count). The van der Waals surface area contributed by atoms with Crippen molar-refractivity contribution in [3.63, 3.8) is 0 Å². The second-order valence-corrected chi connectivity index (χ2v) is 5.90. The van der Waals surface area contributed by atoms with Crippen LogP contribution < -0.4 is 4.74 Å². The summed E-state index contributed by atoms with van der Waals surface area (Å²) in [4.78, 5) is 0. The van der Waals surface area contributed by atoms with Gasteiger partial charge < -0.3 is 19.3 Å². The molecule has 1 aromatic carbocycles. The lowest BCUT2D eigenvalue weighted by atomic mass is 9.77. The Hall–Kier alpha value is -0.810. The molecule has 1 saturated heterocycles. The summed E-state index contributed by atoms with van der Waals surface area (Å²) in [6, 6.07) is 5.45. The summed E-state index contributed by atoms with van der Waals surface area (Å²) in [7, 11) is 1.58. The van der Waals surface area contributed by atoms with Gasteiger partial charge in [0.1, 0.15) is 5.75 Å². The van der Waals surface area contributed by atoms with Crippen LogP contribution in [0.25, 0.3) is 0 Å². The first-order valence-corrected chi connectivity index (χ1v) is 7.29. The van der Waals surface area contributed by atoms with Crippen LogP contribution in [0.2, 0.25) is 5.02 Å². The topological polar surface area (TPSA) is 47.9 Å². The second-order valence-electron chi connectivity index (χ2n) is 5.49. The van der Waals surface area contributed by atoms with Gasteiger partial charge in [0.2, 0.25) is 0 Å². The lowest BCUT2D eigenvalue weighted by Crippen LogP contribution is -2.42. The summed E-state index contributed by atoms with van der Waals surface area (Å²) >= 11 is 6.15. The average molecular weight is 299 g/mol. The number of methoxy groups -OCH3 is 1. The lowest BCUT2D eigenvalue weighted by Gasteiger charge is -2.40. The number of hydrogen-bond donors (Lipinski definition) is 1. The van der Waals surface area contributed by atoms with Crippen molar-refractivity contribution in [2.45, 2.75) is 37.1 Å². The van der Waals surface area contributed by atoms with Crippen molar-refractivity contribution in [1.29, 1.82) is 0 Å². The van der Waals surface area contributed by atoms with Crippen molar-refractivity contribution in [1.82, 2.24) is 0 Å². The summed E-state index contributed by atoms with van der Waals surface area (Å²) in [5.41, 5.74) is -0.0348. The molecule has 2 fully saturated rings. The lowest BCUT2D eigenvalue weighted by molar-refractivity contribution is -0.204. The molecule has 0 radical (unpaired) electrons. The standard InChI is InChI=1S/C15H19ClO4/c1-18-13-3-2-11(10-12(13)16)14(17)4-6-15(7-5-14)19-8-9-20-15/h2-3,10,17H,4-9H2,1H3. The fraction of sp³-hybridized carbons (Fsp3) is 0.600. The molecule has 20 heavy (non-hydrogen) atoms. The highest BCUT2D eigenvalue weighted by Crippen LogP contribution is 2.45. The molecule has 0 aromatic heterocycles. The highest BCUT2D eigenvalue weighted by Gasteiger charge is 2.46. The van der Waals surface area contributed by atoms with E-state index >= 15 is 0 Å². The zero-order valence-electron chi connectivity index (χ0n) is 11.5. The van der Waals surface area contributed by atoms with Crippen molar-refractivity contribution in [3.05, 3.63) is 28.8 Å². The number of rotatable bonds is 2. The zero-order valence-corrected chi connectivity index (χ0v) is 12.3.